The fourth-order valence-corrected chi connectivity index (χ4v) is 6.02. The van der Waals surface area contributed by atoms with Crippen molar-refractivity contribution in [2.24, 2.45) is 5.92 Å². The second-order valence-electron chi connectivity index (χ2n) is 9.75. The number of carbonyl (C=O) groups excluding carboxylic acids is 2. The summed E-state index contributed by atoms with van der Waals surface area (Å²) in [6.45, 7) is 2.60. The Balaban J connectivity index is 1.32. The third kappa shape index (κ3) is 7.37. The second kappa shape index (κ2) is 12.6. The van der Waals surface area contributed by atoms with E-state index in [0.717, 1.165) is 5.56 Å². The van der Waals surface area contributed by atoms with Gasteiger partial charge in [-0.25, -0.2) is 22.5 Å². The number of amides is 2. The predicted molar refractivity (Wildman–Crippen MR) is 145 cm³/mol. The number of hydrogen-bond donors (Lipinski definition) is 3. The fourth-order valence-electron chi connectivity index (χ4n) is 4.68. The van der Waals surface area contributed by atoms with Crippen molar-refractivity contribution >= 4 is 32.7 Å². The van der Waals surface area contributed by atoms with Crippen molar-refractivity contribution in [3.05, 3.63) is 71.7 Å². The first-order chi connectivity index (χ1) is 18.7. The van der Waals surface area contributed by atoms with Crippen LogP contribution in [0.3, 0.4) is 0 Å². The Bertz CT molecular complexity index is 1420. The third-order valence-electron chi connectivity index (χ3n) is 6.94. The quantitative estimate of drug-likeness (QED) is 0.328. The molecule has 9 nitrogen and oxygen atoms in total. The molecule has 0 aliphatic heterocycles. The maximum atomic E-state index is 13.2. The van der Waals surface area contributed by atoms with E-state index in [1.165, 1.54) is 24.3 Å². The molecule has 11 heteroatoms. The number of hydrogen-bond acceptors (Lipinski definition) is 6. The predicted octanol–water partition coefficient (Wildman–Crippen LogP) is 3.46. The van der Waals surface area contributed by atoms with Crippen LogP contribution in [-0.2, 0) is 19.6 Å². The zero-order valence-corrected chi connectivity index (χ0v) is 22.8. The summed E-state index contributed by atoms with van der Waals surface area (Å²) in [4.78, 5) is 29.4. The Kier molecular flexibility index (Phi) is 9.26. The minimum Gasteiger partial charge on any atom is -0.383 e. The van der Waals surface area contributed by atoms with E-state index in [4.69, 9.17) is 4.74 Å². The molecule has 208 valence electrons. The monoisotopic (exact) mass is 556 g/mol. The number of halogens is 1. The van der Waals surface area contributed by atoms with E-state index >= 15 is 0 Å². The molecule has 1 aliphatic rings. The molecule has 0 radical (unpaired) electrons. The van der Waals surface area contributed by atoms with Crippen LogP contribution in [0.2, 0.25) is 0 Å². The molecule has 4 rings (SSSR count). The SMILES string of the molecule is COCCNC(=O)c1ccc2cc(S(=O)(=O)NC3CCC(C(=O)N[C@H](C)c4ccc(F)cc4)CC3)ccc2n1. The van der Waals surface area contributed by atoms with Gasteiger partial charge in [0.2, 0.25) is 15.9 Å². The summed E-state index contributed by atoms with van der Waals surface area (Å²) in [5.74, 6) is -0.948. The summed E-state index contributed by atoms with van der Waals surface area (Å²) in [6.07, 6.45) is 2.20. The Hall–Kier alpha value is -3.41. The van der Waals surface area contributed by atoms with Gasteiger partial charge in [0.1, 0.15) is 11.5 Å². The number of methoxy groups -OCH3 is 1. The number of aromatic nitrogens is 1. The summed E-state index contributed by atoms with van der Waals surface area (Å²) in [5, 5.41) is 6.28. The molecule has 1 saturated carbocycles. The van der Waals surface area contributed by atoms with Crippen LogP contribution in [-0.4, -0.2) is 51.5 Å². The van der Waals surface area contributed by atoms with Crippen LogP contribution in [0, 0.1) is 11.7 Å². The zero-order chi connectivity index (χ0) is 28.0. The van der Waals surface area contributed by atoms with E-state index < -0.39 is 10.0 Å². The molecule has 3 aromatic rings. The summed E-state index contributed by atoms with van der Waals surface area (Å²) in [7, 11) is -2.24. The van der Waals surface area contributed by atoms with Gasteiger partial charge < -0.3 is 15.4 Å². The molecule has 2 amide bonds. The van der Waals surface area contributed by atoms with Crippen LogP contribution in [0.4, 0.5) is 4.39 Å². The molecule has 1 heterocycles. The number of nitrogens with one attached hydrogen (secondary N) is 3. The highest BCUT2D eigenvalue weighted by molar-refractivity contribution is 7.89. The summed E-state index contributed by atoms with van der Waals surface area (Å²) in [6, 6.07) is 13.3. The summed E-state index contributed by atoms with van der Waals surface area (Å²) >= 11 is 0. The van der Waals surface area contributed by atoms with E-state index in [9.17, 15) is 22.4 Å². The van der Waals surface area contributed by atoms with Crippen LogP contribution in [0.1, 0.15) is 54.7 Å². The lowest BCUT2D eigenvalue weighted by Crippen LogP contribution is -2.41. The molecule has 3 N–H and O–H groups in total. The average Bonchev–Trinajstić information content (AvgIpc) is 2.93. The first-order valence-corrected chi connectivity index (χ1v) is 14.4. The summed E-state index contributed by atoms with van der Waals surface area (Å²) < 4.78 is 47.0. The Morgan fingerprint density at radius 1 is 1.05 bits per heavy atom. The van der Waals surface area contributed by atoms with Crippen LogP contribution < -0.4 is 15.4 Å². The first kappa shape index (κ1) is 28.6. The first-order valence-electron chi connectivity index (χ1n) is 12.9. The standard InChI is InChI=1S/C28H33FN4O5S/c1-18(19-3-8-22(29)9-4-19)31-27(34)20-5-10-23(11-6-20)33-39(36,37)24-12-14-25-21(17-24)7-13-26(32-25)28(35)30-15-16-38-2/h3-4,7-9,12-14,17-18,20,23,33H,5-6,10-11,15-16H2,1-2H3,(H,30,35)(H,31,34)/t18-,20?,23?/m1/s1. The van der Waals surface area contributed by atoms with Crippen LogP contribution >= 0.6 is 0 Å². The van der Waals surface area contributed by atoms with Crippen LogP contribution in [0.5, 0.6) is 0 Å². The number of sulfonamides is 1. The lowest BCUT2D eigenvalue weighted by Gasteiger charge is -2.29. The van der Waals surface area contributed by atoms with Gasteiger partial charge in [0.25, 0.3) is 5.91 Å². The van der Waals surface area contributed by atoms with Gasteiger partial charge in [-0.3, -0.25) is 9.59 Å². The van der Waals surface area contributed by atoms with E-state index in [2.05, 4.69) is 20.3 Å². The van der Waals surface area contributed by atoms with Crippen molar-refractivity contribution in [3.8, 4) is 0 Å². The number of rotatable bonds is 10. The third-order valence-corrected chi connectivity index (χ3v) is 8.46. The topological polar surface area (TPSA) is 126 Å². The van der Waals surface area contributed by atoms with Crippen molar-refractivity contribution < 1.29 is 27.1 Å². The Morgan fingerprint density at radius 2 is 1.77 bits per heavy atom. The molecule has 0 unspecified atom stereocenters. The zero-order valence-electron chi connectivity index (χ0n) is 21.9. The van der Waals surface area contributed by atoms with Gasteiger partial charge in [-0.05, 0) is 74.6 Å². The van der Waals surface area contributed by atoms with E-state index in [1.807, 2.05) is 6.92 Å². The molecule has 1 atom stereocenters. The van der Waals surface area contributed by atoms with Gasteiger partial charge in [-0.1, -0.05) is 18.2 Å². The highest BCUT2D eigenvalue weighted by atomic mass is 32.2. The minimum atomic E-state index is -3.79. The van der Waals surface area contributed by atoms with Gasteiger partial charge in [0.05, 0.1) is 23.1 Å². The molecule has 39 heavy (non-hydrogen) atoms. The number of pyridine rings is 1. The fraction of sp³-hybridized carbons (Fsp3) is 0.393. The molecule has 1 fully saturated rings. The van der Waals surface area contributed by atoms with Gasteiger partial charge in [0, 0.05) is 31.0 Å². The minimum absolute atomic E-state index is 0.0816. The maximum absolute atomic E-state index is 13.2. The van der Waals surface area contributed by atoms with Crippen molar-refractivity contribution in [1.29, 1.82) is 0 Å². The number of carbonyl (C=O) groups is 2. The number of ether oxygens (including phenoxy) is 1. The number of nitrogens with zero attached hydrogens (tertiary/aromatic N) is 1. The van der Waals surface area contributed by atoms with Crippen molar-refractivity contribution in [2.75, 3.05) is 20.3 Å². The van der Waals surface area contributed by atoms with Gasteiger partial charge in [0.15, 0.2) is 0 Å². The van der Waals surface area contributed by atoms with Gasteiger partial charge in [-0.15, -0.1) is 0 Å². The van der Waals surface area contributed by atoms with Gasteiger partial charge >= 0.3 is 0 Å². The summed E-state index contributed by atoms with van der Waals surface area (Å²) in [5.41, 5.74) is 1.56. The molecular formula is C28H33FN4O5S. The van der Waals surface area contributed by atoms with E-state index in [0.29, 0.717) is 49.7 Å². The largest absolute Gasteiger partial charge is 0.383 e. The van der Waals surface area contributed by atoms with Crippen molar-refractivity contribution in [2.45, 2.75) is 49.6 Å². The average molecular weight is 557 g/mol. The number of benzene rings is 2. The Labute approximate surface area is 227 Å². The molecule has 0 bridgehead atoms. The van der Waals surface area contributed by atoms with Crippen molar-refractivity contribution in [3.63, 3.8) is 0 Å². The normalized spacial score (nSPS) is 18.4. The van der Waals surface area contributed by atoms with Gasteiger partial charge in [-0.2, -0.15) is 0 Å². The smallest absolute Gasteiger partial charge is 0.269 e. The second-order valence-corrected chi connectivity index (χ2v) is 11.5. The highest BCUT2D eigenvalue weighted by Crippen LogP contribution is 2.27. The lowest BCUT2D eigenvalue weighted by molar-refractivity contribution is -0.126. The molecular weight excluding hydrogens is 523 g/mol. The van der Waals surface area contributed by atoms with Crippen molar-refractivity contribution in [1.82, 2.24) is 20.3 Å². The van der Waals surface area contributed by atoms with Crippen LogP contribution in [0.15, 0.2) is 59.5 Å². The number of fused-ring (bicyclic) bond motifs is 1. The maximum Gasteiger partial charge on any atom is 0.269 e. The molecule has 1 aliphatic carbocycles. The highest BCUT2D eigenvalue weighted by Gasteiger charge is 2.30. The van der Waals surface area contributed by atoms with Crippen LogP contribution in [0.25, 0.3) is 10.9 Å². The molecule has 0 saturated heterocycles. The van der Waals surface area contributed by atoms with E-state index in [-0.39, 0.29) is 46.2 Å². The van der Waals surface area contributed by atoms with E-state index in [1.54, 1.807) is 37.4 Å². The molecule has 0 spiro atoms. The molecule has 1 aromatic heterocycles. The lowest BCUT2D eigenvalue weighted by atomic mass is 9.85. The molecule has 2 aromatic carbocycles. The Morgan fingerprint density at radius 3 is 2.46 bits per heavy atom.